The Kier molecular flexibility index (Phi) is 4.32. The van der Waals surface area contributed by atoms with Gasteiger partial charge in [0.15, 0.2) is 0 Å². The van der Waals surface area contributed by atoms with Gasteiger partial charge in [-0.05, 0) is 43.9 Å². The van der Waals surface area contributed by atoms with Crippen LogP contribution in [0, 0.1) is 18.8 Å². The summed E-state index contributed by atoms with van der Waals surface area (Å²) in [4.78, 5) is 25.0. The van der Waals surface area contributed by atoms with Gasteiger partial charge in [-0.3, -0.25) is 20.1 Å². The Hall–Kier alpha value is -2.89. The zero-order valence-electron chi connectivity index (χ0n) is 14.7. The number of para-hydroxylation sites is 1. The van der Waals surface area contributed by atoms with Crippen LogP contribution in [-0.2, 0) is 4.79 Å². The topological polar surface area (TPSA) is 79.2 Å². The molecule has 6 heteroatoms. The van der Waals surface area contributed by atoms with Gasteiger partial charge in [0.2, 0.25) is 5.78 Å². The van der Waals surface area contributed by atoms with Crippen LogP contribution in [0.25, 0.3) is 5.69 Å². The Morgan fingerprint density at radius 2 is 1.92 bits per heavy atom. The highest BCUT2D eigenvalue weighted by atomic mass is 16.1. The number of carbonyl (C=O) groups excluding carboxylic acids is 1. The number of aromatic amines is 1. The van der Waals surface area contributed by atoms with Crippen LogP contribution in [-0.4, -0.2) is 21.3 Å². The van der Waals surface area contributed by atoms with E-state index in [0.29, 0.717) is 23.0 Å². The molecule has 1 unspecified atom stereocenters. The molecule has 6 nitrogen and oxygen atoms in total. The summed E-state index contributed by atoms with van der Waals surface area (Å²) in [7, 11) is 0. The van der Waals surface area contributed by atoms with Crippen molar-refractivity contribution in [2.45, 2.75) is 32.6 Å². The summed E-state index contributed by atoms with van der Waals surface area (Å²) in [5.41, 5.74) is 5.02. The molecule has 2 atom stereocenters. The van der Waals surface area contributed by atoms with Crippen molar-refractivity contribution in [2.24, 2.45) is 16.9 Å². The monoisotopic (exact) mass is 350 g/mol. The fourth-order valence-electron chi connectivity index (χ4n) is 3.90. The van der Waals surface area contributed by atoms with E-state index < -0.39 is 0 Å². The number of rotatable bonds is 3. The van der Waals surface area contributed by atoms with Gasteiger partial charge in [-0.2, -0.15) is 5.10 Å². The van der Waals surface area contributed by atoms with Crippen LogP contribution < -0.4 is 11.0 Å². The molecule has 1 fully saturated rings. The van der Waals surface area contributed by atoms with E-state index in [0.717, 1.165) is 24.9 Å². The molecule has 1 aromatic heterocycles. The van der Waals surface area contributed by atoms with Crippen molar-refractivity contribution in [3.8, 4) is 5.69 Å². The molecule has 2 aromatic rings. The second-order valence-corrected chi connectivity index (χ2v) is 6.97. The van der Waals surface area contributed by atoms with E-state index in [9.17, 15) is 9.59 Å². The van der Waals surface area contributed by atoms with Crippen LogP contribution in [0.3, 0.4) is 0 Å². The number of hydrazone groups is 1. The lowest BCUT2D eigenvalue weighted by Crippen LogP contribution is -2.35. The molecule has 0 saturated heterocycles. The van der Waals surface area contributed by atoms with Crippen molar-refractivity contribution in [1.29, 1.82) is 0 Å². The van der Waals surface area contributed by atoms with Gasteiger partial charge in [-0.15, -0.1) is 0 Å². The average molecular weight is 350 g/mol. The van der Waals surface area contributed by atoms with Gasteiger partial charge in [0.1, 0.15) is 11.4 Å². The van der Waals surface area contributed by atoms with Crippen LogP contribution in [0.1, 0.15) is 31.4 Å². The van der Waals surface area contributed by atoms with Crippen molar-refractivity contribution < 1.29 is 4.79 Å². The van der Waals surface area contributed by atoms with Gasteiger partial charge in [-0.1, -0.05) is 37.1 Å². The van der Waals surface area contributed by atoms with Crippen LogP contribution in [0.4, 0.5) is 5.69 Å². The third-order valence-electron chi connectivity index (χ3n) is 5.29. The smallest absolute Gasteiger partial charge is 0.293 e. The van der Waals surface area contributed by atoms with E-state index in [-0.39, 0.29) is 17.3 Å². The van der Waals surface area contributed by atoms with E-state index in [1.165, 1.54) is 11.1 Å². The second-order valence-electron chi connectivity index (χ2n) is 6.97. The first-order valence-corrected chi connectivity index (χ1v) is 9.08. The number of H-pyrrole nitrogens is 1. The van der Waals surface area contributed by atoms with Gasteiger partial charge in [0.05, 0.1) is 11.4 Å². The van der Waals surface area contributed by atoms with Gasteiger partial charge in [-0.25, -0.2) is 4.68 Å². The third-order valence-corrected chi connectivity index (χ3v) is 5.29. The number of nitrogens with one attached hydrogen (secondary N) is 2. The Bertz CT molecular complexity index is 936. The maximum absolute atomic E-state index is 12.7. The molecule has 2 N–H and O–H groups in total. The number of benzene rings is 1. The summed E-state index contributed by atoms with van der Waals surface area (Å²) in [6.45, 7) is 1.81. The van der Waals surface area contributed by atoms with Crippen molar-refractivity contribution in [3.05, 3.63) is 58.5 Å². The quantitative estimate of drug-likeness (QED) is 0.835. The number of nitrogens with zero attached hydrogens (tertiary/aromatic N) is 2. The SMILES string of the molecule is Cc1[nH]n(-c2ccccc2)c(=O)c1NN=C1C(=O)C=C[C@H]2CCCCC12. The Labute approximate surface area is 151 Å². The first kappa shape index (κ1) is 16.6. The lowest BCUT2D eigenvalue weighted by molar-refractivity contribution is -0.109. The number of hydrogen-bond acceptors (Lipinski definition) is 4. The lowest BCUT2D eigenvalue weighted by Gasteiger charge is -2.32. The van der Waals surface area contributed by atoms with E-state index in [1.54, 1.807) is 6.08 Å². The first-order chi connectivity index (χ1) is 12.6. The summed E-state index contributed by atoms with van der Waals surface area (Å²) >= 11 is 0. The summed E-state index contributed by atoms with van der Waals surface area (Å²) in [6.07, 6.45) is 8.03. The zero-order chi connectivity index (χ0) is 18.1. The summed E-state index contributed by atoms with van der Waals surface area (Å²) < 4.78 is 1.48. The molecule has 2 aliphatic rings. The maximum atomic E-state index is 12.7. The summed E-state index contributed by atoms with van der Waals surface area (Å²) in [5.74, 6) is 0.483. The number of carbonyl (C=O) groups is 1. The summed E-state index contributed by atoms with van der Waals surface area (Å²) in [5, 5.41) is 7.44. The van der Waals surface area contributed by atoms with Gasteiger partial charge in [0.25, 0.3) is 5.56 Å². The number of anilines is 1. The van der Waals surface area contributed by atoms with Crippen LogP contribution in [0.15, 0.2) is 52.4 Å². The van der Waals surface area contributed by atoms with E-state index in [1.807, 2.05) is 43.3 Å². The van der Waals surface area contributed by atoms with Crippen molar-refractivity contribution in [3.63, 3.8) is 0 Å². The molecule has 1 saturated carbocycles. The zero-order valence-corrected chi connectivity index (χ0v) is 14.7. The molecule has 0 spiro atoms. The van der Waals surface area contributed by atoms with Crippen LogP contribution >= 0.6 is 0 Å². The summed E-state index contributed by atoms with van der Waals surface area (Å²) in [6, 6.07) is 9.37. The molecule has 1 heterocycles. The second kappa shape index (κ2) is 6.78. The minimum absolute atomic E-state index is 0.0581. The molecule has 4 rings (SSSR count). The molecule has 0 bridgehead atoms. The molecule has 134 valence electrons. The minimum atomic E-state index is -0.211. The standard InChI is InChI=1S/C20H22N4O2/c1-13-18(20(26)24(23-13)15-8-3-2-4-9-15)21-22-19-16-10-6-5-7-14(16)11-12-17(19)25/h2-4,8-9,11-12,14,16,21,23H,5-7,10H2,1H3/t14-,16?/m1/s1. The molecule has 26 heavy (non-hydrogen) atoms. The van der Waals surface area contributed by atoms with Crippen LogP contribution in [0.2, 0.25) is 0 Å². The molecule has 1 aromatic carbocycles. The largest absolute Gasteiger partial charge is 0.296 e. The third kappa shape index (κ3) is 2.92. The van der Waals surface area contributed by atoms with E-state index >= 15 is 0 Å². The molecular formula is C20H22N4O2. The fraction of sp³-hybridized carbons (Fsp3) is 0.350. The van der Waals surface area contributed by atoms with Gasteiger partial charge >= 0.3 is 0 Å². The maximum Gasteiger partial charge on any atom is 0.296 e. The minimum Gasteiger partial charge on any atom is -0.293 e. The predicted octanol–water partition coefficient (Wildman–Crippen LogP) is 3.19. The molecule has 0 aliphatic heterocycles. The van der Waals surface area contributed by atoms with E-state index in [4.69, 9.17) is 0 Å². The average Bonchev–Trinajstić information content (AvgIpc) is 2.96. The molecular weight excluding hydrogens is 328 g/mol. The molecule has 0 radical (unpaired) electrons. The highest BCUT2D eigenvalue weighted by molar-refractivity contribution is 6.45. The highest BCUT2D eigenvalue weighted by Crippen LogP contribution is 2.34. The van der Waals surface area contributed by atoms with Gasteiger partial charge < -0.3 is 0 Å². The lowest BCUT2D eigenvalue weighted by atomic mass is 9.73. The number of allylic oxidation sites excluding steroid dienone is 2. The Morgan fingerprint density at radius 1 is 1.15 bits per heavy atom. The predicted molar refractivity (Wildman–Crippen MR) is 102 cm³/mol. The number of fused-ring (bicyclic) bond motifs is 1. The Balaban J connectivity index is 1.65. The Morgan fingerprint density at radius 3 is 2.73 bits per heavy atom. The normalized spacial score (nSPS) is 23.9. The van der Waals surface area contributed by atoms with Gasteiger partial charge in [0, 0.05) is 5.92 Å². The molecule has 0 amide bonds. The number of hydrogen-bond donors (Lipinski definition) is 2. The highest BCUT2D eigenvalue weighted by Gasteiger charge is 2.33. The number of aromatic nitrogens is 2. The fourth-order valence-corrected chi connectivity index (χ4v) is 3.90. The molecule has 2 aliphatic carbocycles. The van der Waals surface area contributed by atoms with Crippen molar-refractivity contribution >= 4 is 17.2 Å². The van der Waals surface area contributed by atoms with Crippen molar-refractivity contribution in [2.75, 3.05) is 5.43 Å². The number of ketones is 1. The first-order valence-electron chi connectivity index (χ1n) is 9.08. The van der Waals surface area contributed by atoms with Crippen LogP contribution in [0.5, 0.6) is 0 Å². The number of aryl methyl sites for hydroxylation is 1. The van der Waals surface area contributed by atoms with E-state index in [2.05, 4.69) is 15.6 Å². The van der Waals surface area contributed by atoms with Crippen molar-refractivity contribution in [1.82, 2.24) is 9.78 Å².